The predicted molar refractivity (Wildman–Crippen MR) is 547 cm³/mol. The second-order valence-corrected chi connectivity index (χ2v) is 35.6. The number of hydrogen-bond donors (Lipinski definition) is 35. The molecule has 0 radical (unpaired) electrons. The number of nitrogens with zero attached hydrogens (tertiary/aromatic N) is 1. The molecule has 0 spiro atoms. The predicted octanol–water partition coefficient (Wildman–Crippen LogP) is -6.67. The van der Waals surface area contributed by atoms with Gasteiger partial charge in [-0.2, -0.15) is 25.3 Å². The molecule has 14 atom stereocenters. The maximum atomic E-state index is 15.4. The van der Waals surface area contributed by atoms with Crippen LogP contribution in [-0.4, -0.2) is 295 Å². The normalized spacial score (nSPS) is 14.7. The van der Waals surface area contributed by atoms with E-state index in [9.17, 15) is 63.0 Å². The molecule has 0 bridgehead atoms. The van der Waals surface area contributed by atoms with Gasteiger partial charge in [-0.25, -0.2) is 14.4 Å². The van der Waals surface area contributed by atoms with Gasteiger partial charge in [0.05, 0.1) is 0 Å². The zero-order valence-corrected chi connectivity index (χ0v) is 83.4. The van der Waals surface area contributed by atoms with Gasteiger partial charge in [-0.3, -0.25) is 88.1 Å². The minimum Gasteiger partial charge on any atom is -0.508 e. The highest BCUT2D eigenvalue weighted by Crippen LogP contribution is 2.24. The molecule has 54 heteroatoms. The third kappa shape index (κ3) is 45.7. The number of unbranched alkanes of at least 4 members (excludes halogenated alkanes) is 2. The number of rotatable bonds is 67. The summed E-state index contributed by atoms with van der Waals surface area (Å²) in [5.41, 5.74) is 51.2. The van der Waals surface area contributed by atoms with Gasteiger partial charge in [-0.05, 0) is 193 Å². The van der Waals surface area contributed by atoms with Gasteiger partial charge < -0.3 is 168 Å². The highest BCUT2D eigenvalue weighted by molar-refractivity contribution is 7.80. The Hall–Kier alpha value is -15.0. The summed E-state index contributed by atoms with van der Waals surface area (Å²) in [7, 11) is 0. The summed E-state index contributed by atoms with van der Waals surface area (Å²) in [4.78, 5) is 254. The van der Waals surface area contributed by atoms with Crippen LogP contribution in [0.1, 0.15) is 152 Å². The summed E-state index contributed by atoms with van der Waals surface area (Å²) in [5.74, 6) is -16.2. The first-order valence-electron chi connectivity index (χ1n) is 48.0. The van der Waals surface area contributed by atoms with E-state index in [1.54, 1.807) is 24.3 Å². The second-order valence-electron chi connectivity index (χ2n) is 34.9. The first kappa shape index (κ1) is 122. The number of urea groups is 3. The second kappa shape index (κ2) is 65.3. The van der Waals surface area contributed by atoms with E-state index >= 15 is 33.6 Å². The number of fused-ring (bicyclic) bond motifs is 1. The summed E-state index contributed by atoms with van der Waals surface area (Å²) < 4.78 is 0. The van der Waals surface area contributed by atoms with Crippen molar-refractivity contribution in [3.63, 3.8) is 0 Å². The maximum Gasteiger partial charge on any atom is 0.312 e. The minimum absolute atomic E-state index is 0.00295. The van der Waals surface area contributed by atoms with Crippen LogP contribution in [0.3, 0.4) is 0 Å². The molecule has 21 amide bonds. The number of carbonyl (C=O) groups is 18. The quantitative estimate of drug-likeness (QED) is 0.00846. The molecular weight excluding hydrogens is 1940 g/mol. The lowest BCUT2D eigenvalue weighted by Gasteiger charge is -2.31. The van der Waals surface area contributed by atoms with Crippen molar-refractivity contribution in [2.24, 2.45) is 51.6 Å². The summed E-state index contributed by atoms with van der Waals surface area (Å²) in [6.45, 7) is 1.24. The molecule has 1 aliphatic rings. The van der Waals surface area contributed by atoms with E-state index in [1.165, 1.54) is 60.4 Å². The van der Waals surface area contributed by atoms with Crippen LogP contribution in [0.25, 0.3) is 10.8 Å². The topological polar surface area (TPSA) is 885 Å². The van der Waals surface area contributed by atoms with E-state index in [2.05, 4.69) is 126 Å². The molecule has 0 unspecified atom stereocenters. The number of nitrogens with one attached hydrogen (secondary N) is 22. The Morgan fingerprint density at radius 3 is 0.959 bits per heavy atom. The lowest BCUT2D eigenvalue weighted by atomic mass is 10.00. The average Bonchev–Trinajstić information content (AvgIpc) is 1.78. The maximum absolute atomic E-state index is 15.4. The molecule has 0 saturated carbocycles. The van der Waals surface area contributed by atoms with Gasteiger partial charge >= 0.3 is 18.1 Å². The van der Waals surface area contributed by atoms with Crippen LogP contribution in [0.15, 0.2) is 91.0 Å². The molecule has 0 aliphatic carbocycles. The summed E-state index contributed by atoms with van der Waals surface area (Å²) in [6.07, 6.45) is -0.530. The first-order valence-corrected chi connectivity index (χ1v) is 49.3. The van der Waals surface area contributed by atoms with Gasteiger partial charge in [0.15, 0.2) is 17.9 Å². The molecule has 52 nitrogen and oxygen atoms in total. The molecule has 4 aromatic carbocycles. The average molecular weight is 2080 g/mol. The Kier molecular flexibility index (Phi) is 54.4. The molecule has 1 heterocycles. The Labute approximate surface area is 855 Å². The number of hydrogen-bond acceptors (Lipinski definition) is 27. The molecule has 0 aromatic heterocycles. The van der Waals surface area contributed by atoms with E-state index in [-0.39, 0.29) is 217 Å². The molecular formula is C92H144N32O20S2. The molecule has 5 rings (SSSR count). The lowest BCUT2D eigenvalue weighted by Crippen LogP contribution is -2.61. The number of aromatic hydroxyl groups is 2. The summed E-state index contributed by atoms with van der Waals surface area (Å²) in [5, 5.41) is 94.6. The fraction of sp³-hybridized carbons (Fsp3) is 0.533. The minimum atomic E-state index is -1.66. The molecule has 42 N–H and O–H groups in total. The van der Waals surface area contributed by atoms with Crippen molar-refractivity contribution in [3.8, 4) is 11.5 Å². The zero-order valence-electron chi connectivity index (χ0n) is 81.6. The van der Waals surface area contributed by atoms with E-state index in [0.29, 0.717) is 29.5 Å². The van der Waals surface area contributed by atoms with Crippen molar-refractivity contribution < 1.29 is 96.5 Å². The number of phenolic OH excluding ortho intramolecular Hbond substituents is 2. The largest absolute Gasteiger partial charge is 0.508 e. The number of carbonyl (C=O) groups excluding carboxylic acids is 18. The van der Waals surface area contributed by atoms with Crippen LogP contribution in [0.5, 0.6) is 11.5 Å². The van der Waals surface area contributed by atoms with Crippen molar-refractivity contribution in [2.75, 3.05) is 70.4 Å². The molecule has 1 fully saturated rings. The molecule has 146 heavy (non-hydrogen) atoms. The molecule has 804 valence electrons. The zero-order chi connectivity index (χ0) is 108. The van der Waals surface area contributed by atoms with E-state index in [4.69, 9.17) is 67.8 Å². The number of benzene rings is 4. The van der Waals surface area contributed by atoms with Crippen LogP contribution in [-0.2, 0) is 91.2 Å². The number of thiol groups is 2. The highest BCUT2D eigenvalue weighted by Gasteiger charge is 2.42. The van der Waals surface area contributed by atoms with Crippen LogP contribution in [0.2, 0.25) is 0 Å². The number of primary amides is 4. The van der Waals surface area contributed by atoms with Crippen LogP contribution in [0, 0.1) is 16.2 Å². The van der Waals surface area contributed by atoms with Crippen molar-refractivity contribution >= 4 is 161 Å². The fourth-order valence-corrected chi connectivity index (χ4v) is 16.2. The number of phenols is 2. The number of likely N-dealkylation sites (tertiary alicyclic amines) is 1. The molecule has 4 aromatic rings. The van der Waals surface area contributed by atoms with Crippen molar-refractivity contribution in [1.82, 2.24) is 106 Å². The Morgan fingerprint density at radius 1 is 0.336 bits per heavy atom. The highest BCUT2D eigenvalue weighted by atomic mass is 32.1. The van der Waals surface area contributed by atoms with Gasteiger partial charge in [-0.15, -0.1) is 0 Å². The van der Waals surface area contributed by atoms with Crippen LogP contribution < -0.4 is 153 Å². The first-order chi connectivity index (χ1) is 69.5. The molecule has 1 saturated heterocycles. The number of amides is 21. The van der Waals surface area contributed by atoms with Crippen molar-refractivity contribution in [1.29, 1.82) is 16.2 Å². The van der Waals surface area contributed by atoms with Crippen LogP contribution in [0.4, 0.5) is 14.4 Å². The SMILES string of the molecule is CC(=O)N[C@@H](CCCNC(N)=O)C(=O)N[C@@H](CCCNC(=N)N)C(=O)N[C@@H](Cc1ccc2ccccc2c1)C(=O)N[C@@H](CS)C(=O)N[C@@H](Cc1ccc(O)cc1)C(=O)N[C@@H](CCCNC(=N)N)C(=O)N[C@@H](CCCCN)C(=O)N[C@H](CCCCN)C(=O)N1CCC[C@H]1C(=O)N[C@@H](Cc1ccc(O)cc1)C(=O)N[C@@H](CCCNC(N)=O)C(=O)N[C@@H](CCCNC(N)=O)C(=O)N[C@@H](CS)C(=O)N[C@@H](CCCNC(=N)N)C(N)=O. The summed E-state index contributed by atoms with van der Waals surface area (Å²) in [6, 6.07) is -0.143. The Morgan fingerprint density at radius 2 is 0.616 bits per heavy atom. The lowest BCUT2D eigenvalue weighted by molar-refractivity contribution is -0.142. The number of nitrogens with two attached hydrogens (primary N) is 9. The van der Waals surface area contributed by atoms with E-state index < -0.39 is 209 Å². The third-order valence-corrected chi connectivity index (χ3v) is 24.0. The molecule has 1 aliphatic heterocycles. The standard InChI is InChI=1S/C92H144N32O20S2/c1-51(125)111-60(20-11-41-108-90(102)142)74(129)114-64(22-10-40-107-89(100)101)78(133)119-69(48-54-26-31-55-15-2-3-16-56(55)45-54)82(137)123-71(50-146)84(139)120-67(46-52-27-32-57(126)33-28-52)80(135)116-62(21-9-39-106-88(98)99)75(130)113-61(17-4-6-36-93)77(132)118-66(18-5-7-37-94)86(141)124-44-14-25-72(124)85(140)121-68(47-53-29-34-58(127)35-30-53)81(136)117-63(23-12-42-109-91(103)143)76(131)115-65(24-13-43-110-92(104)144)79(134)122-70(49-145)83(138)112-59(73(95)128)19-8-38-105-87(96)97/h2-3,15-16,26-35,45,59-72,126-127,145-146H,4-14,17-25,36-44,46-50,93-94H2,1H3,(H2,95,128)(H,111,125)(H,112,138)(H,113,130)(H,114,129)(H,115,131)(H,116,135)(H,117,136)(H,118,132)(H,119,133)(H,120,139)(H,121,140)(H,122,134)(H,123,137)(H4,96,97,105)(H4,98,99,106)(H4,100,101,107)(H3,102,108,142)(H3,103,109,143)(H3,104,110,144)/t59-,60-,61-,62-,63-,64-,65-,66+,67-,68-,69-,70-,71-,72-/m0/s1. The van der Waals surface area contributed by atoms with Gasteiger partial charge in [0.25, 0.3) is 0 Å². The van der Waals surface area contributed by atoms with Gasteiger partial charge in [0.2, 0.25) is 88.6 Å². The smallest absolute Gasteiger partial charge is 0.312 e. The van der Waals surface area contributed by atoms with Gasteiger partial charge in [0, 0.05) is 83.5 Å². The Balaban J connectivity index is 1.48. The number of guanidine groups is 3. The van der Waals surface area contributed by atoms with Gasteiger partial charge in [-0.1, -0.05) is 66.7 Å². The summed E-state index contributed by atoms with van der Waals surface area (Å²) >= 11 is 8.71. The van der Waals surface area contributed by atoms with E-state index in [0.717, 1.165) is 10.8 Å². The van der Waals surface area contributed by atoms with Crippen LogP contribution >= 0.6 is 25.3 Å². The monoisotopic (exact) mass is 2080 g/mol. The fourth-order valence-electron chi connectivity index (χ4n) is 15.6. The Bertz CT molecular complexity index is 5070. The van der Waals surface area contributed by atoms with Gasteiger partial charge in [0.1, 0.15) is 96.1 Å². The van der Waals surface area contributed by atoms with Crippen molar-refractivity contribution in [3.05, 3.63) is 108 Å². The van der Waals surface area contributed by atoms with Crippen molar-refractivity contribution in [2.45, 2.75) is 239 Å². The third-order valence-electron chi connectivity index (χ3n) is 23.3. The van der Waals surface area contributed by atoms with E-state index in [1.807, 2.05) is 18.2 Å².